The average Bonchev–Trinajstić information content (AvgIpc) is 2.43. The lowest BCUT2D eigenvalue weighted by molar-refractivity contribution is 0.165. The maximum Gasteiger partial charge on any atom is 0.0610 e. The molecule has 108 valence electrons. The molecule has 0 bridgehead atoms. The minimum atomic E-state index is -0.121. The molecule has 0 saturated carbocycles. The van der Waals surface area contributed by atoms with Crippen LogP contribution in [0.3, 0.4) is 0 Å². The van der Waals surface area contributed by atoms with E-state index in [1.807, 2.05) is 11.8 Å². The summed E-state index contributed by atoms with van der Waals surface area (Å²) < 4.78 is 0. The van der Waals surface area contributed by atoms with Gasteiger partial charge in [-0.2, -0.15) is 0 Å². The van der Waals surface area contributed by atoms with Crippen molar-refractivity contribution < 1.29 is 5.11 Å². The van der Waals surface area contributed by atoms with Crippen molar-refractivity contribution in [1.82, 2.24) is 5.32 Å². The fourth-order valence-corrected chi connectivity index (χ4v) is 2.79. The summed E-state index contributed by atoms with van der Waals surface area (Å²) in [5.41, 5.74) is 1.19. The predicted octanol–water partition coefficient (Wildman–Crippen LogP) is 3.62. The molecule has 0 aliphatic rings. The standard InChI is InChI=1S/C16H27NOS/c1-4-11-17-16(3,13-18)10-5-12-19-15-8-6-14(2)7-9-15/h6-9,17-18H,4-5,10-13H2,1-3H3. The summed E-state index contributed by atoms with van der Waals surface area (Å²) in [6.07, 6.45) is 3.24. The summed E-state index contributed by atoms with van der Waals surface area (Å²) in [6.45, 7) is 7.56. The molecule has 0 radical (unpaired) electrons. The molecule has 2 N–H and O–H groups in total. The molecule has 0 spiro atoms. The van der Waals surface area contributed by atoms with Crippen molar-refractivity contribution in [1.29, 1.82) is 0 Å². The van der Waals surface area contributed by atoms with E-state index in [-0.39, 0.29) is 12.1 Å². The van der Waals surface area contributed by atoms with E-state index >= 15 is 0 Å². The van der Waals surface area contributed by atoms with Crippen LogP contribution in [-0.4, -0.2) is 29.5 Å². The zero-order valence-electron chi connectivity index (χ0n) is 12.4. The van der Waals surface area contributed by atoms with Crippen molar-refractivity contribution >= 4 is 11.8 Å². The summed E-state index contributed by atoms with van der Waals surface area (Å²) >= 11 is 1.89. The molecule has 0 aliphatic carbocycles. The lowest BCUT2D eigenvalue weighted by Gasteiger charge is -2.28. The Morgan fingerprint density at radius 2 is 1.95 bits per heavy atom. The maximum absolute atomic E-state index is 9.49. The molecule has 1 aromatic rings. The highest BCUT2D eigenvalue weighted by molar-refractivity contribution is 7.99. The van der Waals surface area contributed by atoms with Gasteiger partial charge in [-0.15, -0.1) is 11.8 Å². The Hall–Kier alpha value is -0.510. The van der Waals surface area contributed by atoms with Crippen molar-refractivity contribution in [2.75, 3.05) is 18.9 Å². The average molecular weight is 281 g/mol. The lowest BCUT2D eigenvalue weighted by atomic mass is 9.97. The number of hydrogen-bond acceptors (Lipinski definition) is 3. The third-order valence-electron chi connectivity index (χ3n) is 3.31. The number of rotatable bonds is 9. The Balaban J connectivity index is 2.26. The molecular formula is C16H27NOS. The second-order valence-electron chi connectivity index (χ2n) is 5.41. The number of aliphatic hydroxyl groups is 1. The summed E-state index contributed by atoms with van der Waals surface area (Å²) in [6, 6.07) is 8.67. The molecule has 0 saturated heterocycles. The Morgan fingerprint density at radius 3 is 2.53 bits per heavy atom. The maximum atomic E-state index is 9.49. The first-order valence-electron chi connectivity index (χ1n) is 7.15. The number of benzene rings is 1. The van der Waals surface area contributed by atoms with Crippen molar-refractivity contribution in [3.63, 3.8) is 0 Å². The van der Waals surface area contributed by atoms with Crippen LogP contribution in [-0.2, 0) is 0 Å². The van der Waals surface area contributed by atoms with Crippen LogP contribution in [0.15, 0.2) is 29.2 Å². The topological polar surface area (TPSA) is 32.3 Å². The van der Waals surface area contributed by atoms with Crippen LogP contribution in [0.4, 0.5) is 0 Å². The summed E-state index contributed by atoms with van der Waals surface area (Å²) in [7, 11) is 0. The Bertz CT molecular complexity index is 352. The van der Waals surface area contributed by atoms with Gasteiger partial charge in [-0.1, -0.05) is 24.6 Å². The van der Waals surface area contributed by atoms with E-state index < -0.39 is 0 Å². The molecule has 0 fully saturated rings. The normalized spacial score (nSPS) is 14.3. The molecule has 0 aliphatic heterocycles. The van der Waals surface area contributed by atoms with E-state index in [1.54, 1.807) is 0 Å². The van der Waals surface area contributed by atoms with Crippen molar-refractivity contribution in [2.24, 2.45) is 0 Å². The van der Waals surface area contributed by atoms with E-state index in [9.17, 15) is 5.11 Å². The predicted molar refractivity (Wildman–Crippen MR) is 84.9 cm³/mol. The fraction of sp³-hybridized carbons (Fsp3) is 0.625. The molecule has 1 atom stereocenters. The fourth-order valence-electron chi connectivity index (χ4n) is 1.94. The van der Waals surface area contributed by atoms with Gasteiger partial charge in [-0.3, -0.25) is 0 Å². The summed E-state index contributed by atoms with van der Waals surface area (Å²) in [4.78, 5) is 1.33. The molecule has 0 amide bonds. The van der Waals surface area contributed by atoms with Gasteiger partial charge in [0.1, 0.15) is 0 Å². The van der Waals surface area contributed by atoms with Crippen molar-refractivity contribution in [3.8, 4) is 0 Å². The van der Waals surface area contributed by atoms with E-state index in [2.05, 4.69) is 50.4 Å². The van der Waals surface area contributed by atoms with E-state index in [1.165, 1.54) is 10.5 Å². The smallest absolute Gasteiger partial charge is 0.0610 e. The second-order valence-corrected chi connectivity index (χ2v) is 6.58. The van der Waals surface area contributed by atoms with Crippen LogP contribution in [0.5, 0.6) is 0 Å². The molecule has 0 aromatic heterocycles. The molecule has 0 heterocycles. The van der Waals surface area contributed by atoms with Gasteiger partial charge in [0.25, 0.3) is 0 Å². The minimum Gasteiger partial charge on any atom is -0.394 e. The van der Waals surface area contributed by atoms with Gasteiger partial charge < -0.3 is 10.4 Å². The van der Waals surface area contributed by atoms with Gasteiger partial charge in [0.2, 0.25) is 0 Å². The minimum absolute atomic E-state index is 0.121. The van der Waals surface area contributed by atoms with Crippen LogP contribution in [0.25, 0.3) is 0 Å². The number of aryl methyl sites for hydroxylation is 1. The molecule has 1 unspecified atom stereocenters. The number of thioether (sulfide) groups is 1. The first kappa shape index (κ1) is 16.5. The number of nitrogens with one attached hydrogen (secondary N) is 1. The molecular weight excluding hydrogens is 254 g/mol. The van der Waals surface area contributed by atoms with Crippen LogP contribution >= 0.6 is 11.8 Å². The summed E-state index contributed by atoms with van der Waals surface area (Å²) in [5, 5.41) is 12.9. The number of hydrogen-bond donors (Lipinski definition) is 2. The third kappa shape index (κ3) is 6.46. The highest BCUT2D eigenvalue weighted by Crippen LogP contribution is 2.21. The zero-order valence-corrected chi connectivity index (χ0v) is 13.2. The summed E-state index contributed by atoms with van der Waals surface area (Å²) in [5.74, 6) is 1.10. The molecule has 2 nitrogen and oxygen atoms in total. The van der Waals surface area contributed by atoms with E-state index in [4.69, 9.17) is 0 Å². The molecule has 3 heteroatoms. The van der Waals surface area contributed by atoms with Crippen LogP contribution in [0, 0.1) is 6.92 Å². The quantitative estimate of drug-likeness (QED) is 0.535. The van der Waals surface area contributed by atoms with Crippen LogP contribution in [0.2, 0.25) is 0 Å². The Morgan fingerprint density at radius 1 is 1.26 bits per heavy atom. The van der Waals surface area contributed by atoms with Gasteiger partial charge in [-0.05, 0) is 57.5 Å². The molecule has 1 rings (SSSR count). The molecule has 19 heavy (non-hydrogen) atoms. The zero-order chi connectivity index (χ0) is 14.1. The monoisotopic (exact) mass is 281 g/mol. The Labute approximate surface area is 122 Å². The van der Waals surface area contributed by atoms with E-state index in [0.717, 1.165) is 31.6 Å². The SMILES string of the molecule is CCCNC(C)(CO)CCCSc1ccc(C)cc1. The second kappa shape index (κ2) is 8.62. The van der Waals surface area contributed by atoms with Crippen LogP contribution in [0.1, 0.15) is 38.7 Å². The largest absolute Gasteiger partial charge is 0.394 e. The number of aliphatic hydroxyl groups excluding tert-OH is 1. The van der Waals surface area contributed by atoms with Crippen LogP contribution < -0.4 is 5.32 Å². The molecule has 1 aromatic carbocycles. The first-order valence-corrected chi connectivity index (χ1v) is 8.13. The van der Waals surface area contributed by atoms with Gasteiger partial charge in [-0.25, -0.2) is 0 Å². The highest BCUT2D eigenvalue weighted by atomic mass is 32.2. The van der Waals surface area contributed by atoms with Gasteiger partial charge in [0.05, 0.1) is 6.61 Å². The highest BCUT2D eigenvalue weighted by Gasteiger charge is 2.21. The lowest BCUT2D eigenvalue weighted by Crippen LogP contribution is -2.46. The Kier molecular flexibility index (Phi) is 7.51. The third-order valence-corrected chi connectivity index (χ3v) is 4.41. The first-order chi connectivity index (χ1) is 9.09. The van der Waals surface area contributed by atoms with E-state index in [0.29, 0.717) is 0 Å². The van der Waals surface area contributed by atoms with Crippen molar-refractivity contribution in [2.45, 2.75) is 50.5 Å². The van der Waals surface area contributed by atoms with Gasteiger partial charge >= 0.3 is 0 Å². The van der Waals surface area contributed by atoms with Gasteiger partial charge in [0, 0.05) is 10.4 Å². The van der Waals surface area contributed by atoms with Crippen molar-refractivity contribution in [3.05, 3.63) is 29.8 Å². The van der Waals surface area contributed by atoms with Gasteiger partial charge in [0.15, 0.2) is 0 Å².